The van der Waals surface area contributed by atoms with Crippen molar-refractivity contribution in [3.63, 3.8) is 0 Å². The molecule has 138 valence electrons. The van der Waals surface area contributed by atoms with E-state index in [2.05, 4.69) is 20.1 Å². The molecule has 4 nitrogen and oxygen atoms in total. The van der Waals surface area contributed by atoms with E-state index >= 15 is 0 Å². The van der Waals surface area contributed by atoms with Gasteiger partial charge in [0.1, 0.15) is 5.82 Å². The molecular formula is C21H27FN4. The highest BCUT2D eigenvalue weighted by molar-refractivity contribution is 5.53. The number of rotatable bonds is 5. The van der Waals surface area contributed by atoms with E-state index in [9.17, 15) is 4.39 Å². The van der Waals surface area contributed by atoms with Gasteiger partial charge in [-0.25, -0.2) is 4.39 Å². The van der Waals surface area contributed by atoms with Gasteiger partial charge in [-0.3, -0.25) is 9.88 Å². The lowest BCUT2D eigenvalue weighted by molar-refractivity contribution is 0.267. The smallest absolute Gasteiger partial charge is 0.123 e. The number of pyridine rings is 1. The van der Waals surface area contributed by atoms with Crippen molar-refractivity contribution in [1.29, 1.82) is 0 Å². The molecule has 1 aromatic heterocycles. The molecule has 26 heavy (non-hydrogen) atoms. The minimum Gasteiger partial charge on any atom is -0.382 e. The number of halogens is 1. The van der Waals surface area contributed by atoms with E-state index in [1.54, 1.807) is 12.1 Å². The van der Waals surface area contributed by atoms with Gasteiger partial charge >= 0.3 is 0 Å². The van der Waals surface area contributed by atoms with Gasteiger partial charge in [-0.05, 0) is 61.1 Å². The standard InChI is InChI=1S/C21H27FN4/c22-18-5-7-19(8-6-18)26-13-11-25(12-14-26)10-9-24-21-16-23-15-17-3-1-2-4-20(17)21/h5-8,15-16,24H,1-4,9-14H2. The molecule has 0 bridgehead atoms. The van der Waals surface area contributed by atoms with Gasteiger partial charge in [0.2, 0.25) is 0 Å². The van der Waals surface area contributed by atoms with Crippen LogP contribution in [0, 0.1) is 5.82 Å². The van der Waals surface area contributed by atoms with Crippen LogP contribution in [-0.4, -0.2) is 49.2 Å². The zero-order valence-electron chi connectivity index (χ0n) is 15.3. The summed E-state index contributed by atoms with van der Waals surface area (Å²) >= 11 is 0. The molecular weight excluding hydrogens is 327 g/mol. The van der Waals surface area contributed by atoms with E-state index < -0.39 is 0 Å². The molecule has 0 saturated carbocycles. The van der Waals surface area contributed by atoms with E-state index in [0.29, 0.717) is 0 Å². The minimum absolute atomic E-state index is 0.170. The van der Waals surface area contributed by atoms with Crippen molar-refractivity contribution in [3.8, 4) is 0 Å². The van der Waals surface area contributed by atoms with Crippen molar-refractivity contribution in [2.45, 2.75) is 25.7 Å². The van der Waals surface area contributed by atoms with Gasteiger partial charge in [0.15, 0.2) is 0 Å². The Balaban J connectivity index is 1.25. The Morgan fingerprint density at radius 1 is 0.962 bits per heavy atom. The molecule has 2 heterocycles. The lowest BCUT2D eigenvalue weighted by Crippen LogP contribution is -2.47. The highest BCUT2D eigenvalue weighted by Crippen LogP contribution is 2.26. The maximum Gasteiger partial charge on any atom is 0.123 e. The zero-order chi connectivity index (χ0) is 17.8. The number of aryl methyl sites for hydroxylation is 1. The average Bonchev–Trinajstić information content (AvgIpc) is 2.69. The van der Waals surface area contributed by atoms with Crippen molar-refractivity contribution in [1.82, 2.24) is 9.88 Å². The van der Waals surface area contributed by atoms with Crippen LogP contribution in [0.4, 0.5) is 15.8 Å². The highest BCUT2D eigenvalue weighted by Gasteiger charge is 2.17. The molecule has 1 fully saturated rings. The molecule has 4 rings (SSSR count). The Labute approximate surface area is 155 Å². The number of hydrogen-bond donors (Lipinski definition) is 1. The zero-order valence-corrected chi connectivity index (χ0v) is 15.3. The fraction of sp³-hybridized carbons (Fsp3) is 0.476. The number of hydrogen-bond acceptors (Lipinski definition) is 4. The third-order valence-corrected chi connectivity index (χ3v) is 5.58. The molecule has 0 spiro atoms. The summed E-state index contributed by atoms with van der Waals surface area (Å²) in [4.78, 5) is 9.23. The fourth-order valence-corrected chi connectivity index (χ4v) is 4.04. The molecule has 1 aliphatic carbocycles. The Morgan fingerprint density at radius 3 is 2.54 bits per heavy atom. The number of nitrogens with one attached hydrogen (secondary N) is 1. The van der Waals surface area contributed by atoms with Crippen molar-refractivity contribution in [3.05, 3.63) is 53.6 Å². The summed E-state index contributed by atoms with van der Waals surface area (Å²) in [5, 5.41) is 3.61. The monoisotopic (exact) mass is 354 g/mol. The van der Waals surface area contributed by atoms with Crippen LogP contribution in [0.5, 0.6) is 0 Å². The molecule has 1 N–H and O–H groups in total. The van der Waals surface area contributed by atoms with Gasteiger partial charge in [0, 0.05) is 51.2 Å². The van der Waals surface area contributed by atoms with E-state index in [-0.39, 0.29) is 5.82 Å². The van der Waals surface area contributed by atoms with Gasteiger partial charge in [-0.1, -0.05) is 0 Å². The number of piperazine rings is 1. The summed E-state index contributed by atoms with van der Waals surface area (Å²) in [5.41, 5.74) is 5.25. The normalized spacial score (nSPS) is 17.8. The van der Waals surface area contributed by atoms with E-state index in [1.807, 2.05) is 24.5 Å². The third-order valence-electron chi connectivity index (χ3n) is 5.58. The maximum absolute atomic E-state index is 13.1. The summed E-state index contributed by atoms with van der Waals surface area (Å²) < 4.78 is 13.1. The van der Waals surface area contributed by atoms with Crippen LogP contribution in [-0.2, 0) is 12.8 Å². The van der Waals surface area contributed by atoms with Crippen LogP contribution in [0.25, 0.3) is 0 Å². The second-order valence-corrected chi connectivity index (χ2v) is 7.26. The fourth-order valence-electron chi connectivity index (χ4n) is 4.04. The first-order valence-corrected chi connectivity index (χ1v) is 9.72. The van der Waals surface area contributed by atoms with Crippen LogP contribution >= 0.6 is 0 Å². The van der Waals surface area contributed by atoms with E-state index in [0.717, 1.165) is 45.0 Å². The Hall–Kier alpha value is -2.14. The topological polar surface area (TPSA) is 31.4 Å². The maximum atomic E-state index is 13.1. The molecule has 1 saturated heterocycles. The Kier molecular flexibility index (Phi) is 5.34. The molecule has 2 aliphatic rings. The third kappa shape index (κ3) is 3.98. The quantitative estimate of drug-likeness (QED) is 0.892. The van der Waals surface area contributed by atoms with Crippen LogP contribution < -0.4 is 10.2 Å². The first-order chi connectivity index (χ1) is 12.8. The molecule has 1 aliphatic heterocycles. The van der Waals surface area contributed by atoms with Gasteiger partial charge in [-0.2, -0.15) is 0 Å². The van der Waals surface area contributed by atoms with E-state index in [1.165, 1.54) is 42.5 Å². The summed E-state index contributed by atoms with van der Waals surface area (Å²) in [6.07, 6.45) is 8.94. The molecule has 0 unspecified atom stereocenters. The Bertz CT molecular complexity index is 723. The van der Waals surface area contributed by atoms with Gasteiger partial charge in [0.05, 0.1) is 11.9 Å². The molecule has 0 atom stereocenters. The van der Waals surface area contributed by atoms with Gasteiger partial charge in [-0.15, -0.1) is 0 Å². The molecule has 5 heteroatoms. The molecule has 0 amide bonds. The molecule has 0 radical (unpaired) electrons. The van der Waals surface area contributed by atoms with Gasteiger partial charge < -0.3 is 10.2 Å². The van der Waals surface area contributed by atoms with Crippen molar-refractivity contribution >= 4 is 11.4 Å². The minimum atomic E-state index is -0.170. The summed E-state index contributed by atoms with van der Waals surface area (Å²) in [7, 11) is 0. The predicted octanol–water partition coefficient (Wildman–Crippen LogP) is 3.33. The van der Waals surface area contributed by atoms with Crippen LogP contribution in [0.3, 0.4) is 0 Å². The number of anilines is 2. The molecule has 2 aromatic rings. The number of nitrogens with zero attached hydrogens (tertiary/aromatic N) is 3. The second-order valence-electron chi connectivity index (χ2n) is 7.26. The average molecular weight is 354 g/mol. The lowest BCUT2D eigenvalue weighted by atomic mass is 9.92. The second kappa shape index (κ2) is 8.04. The lowest BCUT2D eigenvalue weighted by Gasteiger charge is -2.36. The van der Waals surface area contributed by atoms with Crippen LogP contribution in [0.2, 0.25) is 0 Å². The summed E-state index contributed by atoms with van der Waals surface area (Å²) in [5.74, 6) is -0.170. The van der Waals surface area contributed by atoms with Gasteiger partial charge in [0.25, 0.3) is 0 Å². The highest BCUT2D eigenvalue weighted by atomic mass is 19.1. The van der Waals surface area contributed by atoms with Crippen LogP contribution in [0.15, 0.2) is 36.7 Å². The molecule has 1 aromatic carbocycles. The number of benzene rings is 1. The SMILES string of the molecule is Fc1ccc(N2CCN(CCNc3cncc4c3CCCC4)CC2)cc1. The number of aromatic nitrogens is 1. The summed E-state index contributed by atoms with van der Waals surface area (Å²) in [6, 6.07) is 6.83. The first-order valence-electron chi connectivity index (χ1n) is 9.72. The first kappa shape index (κ1) is 17.3. The Morgan fingerprint density at radius 2 is 1.73 bits per heavy atom. The van der Waals surface area contributed by atoms with E-state index in [4.69, 9.17) is 0 Å². The predicted molar refractivity (Wildman–Crippen MR) is 104 cm³/mol. The van der Waals surface area contributed by atoms with Crippen molar-refractivity contribution in [2.24, 2.45) is 0 Å². The van der Waals surface area contributed by atoms with Crippen LogP contribution in [0.1, 0.15) is 24.0 Å². The largest absolute Gasteiger partial charge is 0.382 e. The summed E-state index contributed by atoms with van der Waals surface area (Å²) in [6.45, 7) is 6.08. The van der Waals surface area contributed by atoms with Crippen molar-refractivity contribution < 1.29 is 4.39 Å². The van der Waals surface area contributed by atoms with Crippen molar-refractivity contribution in [2.75, 3.05) is 49.5 Å². The number of fused-ring (bicyclic) bond motifs is 1.